The smallest absolute Gasteiger partial charge is 0.239 e. The Morgan fingerprint density at radius 1 is 1.42 bits per heavy atom. The van der Waals surface area contributed by atoms with Gasteiger partial charge in [0, 0.05) is 15.9 Å². The van der Waals surface area contributed by atoms with Gasteiger partial charge in [-0.3, -0.25) is 9.69 Å². The molecule has 1 heterocycles. The molecule has 1 aromatic heterocycles. The first-order valence-corrected chi connectivity index (χ1v) is 7.52. The van der Waals surface area contributed by atoms with Crippen molar-refractivity contribution in [3.8, 4) is 0 Å². The molecule has 2 rings (SSSR count). The van der Waals surface area contributed by atoms with Crippen molar-refractivity contribution >= 4 is 33.2 Å². The van der Waals surface area contributed by atoms with Crippen LogP contribution in [0.4, 0.5) is 0 Å². The van der Waals surface area contributed by atoms with E-state index in [0.29, 0.717) is 6.54 Å². The number of nitrogens with zero attached hydrogens (tertiary/aromatic N) is 1. The molecular weight excluding hydrogens is 324 g/mol. The zero-order chi connectivity index (χ0) is 13.8. The van der Waals surface area contributed by atoms with Gasteiger partial charge in [0.15, 0.2) is 0 Å². The molecule has 0 bridgehead atoms. The third-order valence-electron chi connectivity index (χ3n) is 2.86. The quantitative estimate of drug-likeness (QED) is 0.910. The number of amides is 1. The van der Waals surface area contributed by atoms with E-state index >= 15 is 0 Å². The number of benzene rings is 1. The lowest BCUT2D eigenvalue weighted by atomic mass is 10.1. The highest BCUT2D eigenvalue weighted by Gasteiger charge is 2.23. The fraction of sp³-hybridized carbons (Fsp3) is 0.214. The third kappa shape index (κ3) is 3.65. The second-order valence-corrected chi connectivity index (χ2v) is 6.30. The second-order valence-electron chi connectivity index (χ2n) is 4.35. The topological polar surface area (TPSA) is 46.3 Å². The highest BCUT2D eigenvalue weighted by atomic mass is 79.9. The molecule has 0 spiro atoms. The molecule has 1 atom stereocenters. The SMILES string of the molecule is CN(Cc1cccs1)[C@H](C(N)=O)c1cccc(Br)c1. The molecule has 2 aromatic rings. The molecule has 5 heteroatoms. The number of thiophene rings is 1. The maximum atomic E-state index is 11.7. The number of carbonyl (C=O) groups is 1. The minimum absolute atomic E-state index is 0.336. The van der Waals surface area contributed by atoms with Crippen LogP contribution in [-0.2, 0) is 11.3 Å². The van der Waals surface area contributed by atoms with Gasteiger partial charge in [0.05, 0.1) is 0 Å². The molecule has 0 saturated heterocycles. The molecule has 3 nitrogen and oxygen atoms in total. The Morgan fingerprint density at radius 2 is 2.21 bits per heavy atom. The summed E-state index contributed by atoms with van der Waals surface area (Å²) in [6.07, 6.45) is 0. The van der Waals surface area contributed by atoms with Gasteiger partial charge in [0.25, 0.3) is 0 Å². The molecule has 0 aliphatic rings. The van der Waals surface area contributed by atoms with E-state index in [-0.39, 0.29) is 5.91 Å². The molecule has 1 amide bonds. The van der Waals surface area contributed by atoms with E-state index in [0.717, 1.165) is 10.0 Å². The van der Waals surface area contributed by atoms with Gasteiger partial charge in [-0.1, -0.05) is 34.1 Å². The van der Waals surface area contributed by atoms with Crippen molar-refractivity contribution in [2.45, 2.75) is 12.6 Å². The lowest BCUT2D eigenvalue weighted by molar-refractivity contribution is -0.123. The summed E-state index contributed by atoms with van der Waals surface area (Å²) in [4.78, 5) is 14.9. The molecule has 0 aliphatic heterocycles. The Balaban J connectivity index is 2.22. The molecule has 19 heavy (non-hydrogen) atoms. The van der Waals surface area contributed by atoms with E-state index in [1.807, 2.05) is 47.7 Å². The van der Waals surface area contributed by atoms with Crippen LogP contribution >= 0.6 is 27.3 Å². The van der Waals surface area contributed by atoms with Crippen LogP contribution in [0.3, 0.4) is 0 Å². The second kappa shape index (κ2) is 6.32. The number of carbonyl (C=O) groups excluding carboxylic acids is 1. The average Bonchev–Trinajstić information content (AvgIpc) is 2.81. The van der Waals surface area contributed by atoms with Gasteiger partial charge in [0.1, 0.15) is 6.04 Å². The van der Waals surface area contributed by atoms with E-state index in [1.165, 1.54) is 4.88 Å². The Bertz CT molecular complexity index is 556. The van der Waals surface area contributed by atoms with Crippen LogP contribution in [0, 0.1) is 0 Å². The van der Waals surface area contributed by atoms with Crippen molar-refractivity contribution in [2.24, 2.45) is 5.73 Å². The summed E-state index contributed by atoms with van der Waals surface area (Å²) >= 11 is 5.10. The fourth-order valence-corrected chi connectivity index (χ4v) is 3.24. The molecule has 1 aromatic carbocycles. The molecule has 0 fully saturated rings. The third-order valence-corrected chi connectivity index (χ3v) is 4.21. The Labute approximate surface area is 125 Å². The van der Waals surface area contributed by atoms with Crippen molar-refractivity contribution in [3.05, 3.63) is 56.7 Å². The van der Waals surface area contributed by atoms with Crippen LogP contribution in [0.25, 0.3) is 0 Å². The number of hydrogen-bond acceptors (Lipinski definition) is 3. The summed E-state index contributed by atoms with van der Waals surface area (Å²) in [5.41, 5.74) is 6.46. The van der Waals surface area contributed by atoms with E-state index < -0.39 is 6.04 Å². The van der Waals surface area contributed by atoms with Gasteiger partial charge < -0.3 is 5.73 Å². The van der Waals surface area contributed by atoms with Gasteiger partial charge in [-0.25, -0.2) is 0 Å². The monoisotopic (exact) mass is 338 g/mol. The molecule has 0 saturated carbocycles. The Hall–Kier alpha value is -1.17. The summed E-state index contributed by atoms with van der Waals surface area (Å²) in [5, 5.41) is 2.03. The lowest BCUT2D eigenvalue weighted by Crippen LogP contribution is -2.34. The Kier molecular flexibility index (Phi) is 4.74. The number of halogens is 1. The minimum Gasteiger partial charge on any atom is -0.368 e. The molecule has 0 aliphatic carbocycles. The molecule has 0 radical (unpaired) electrons. The van der Waals surface area contributed by atoms with Crippen LogP contribution in [0.2, 0.25) is 0 Å². The van der Waals surface area contributed by atoms with Gasteiger partial charge >= 0.3 is 0 Å². The van der Waals surface area contributed by atoms with Crippen LogP contribution in [0.5, 0.6) is 0 Å². The summed E-state index contributed by atoms with van der Waals surface area (Å²) in [6, 6.07) is 11.3. The largest absolute Gasteiger partial charge is 0.368 e. The number of likely N-dealkylation sites (N-methyl/N-ethyl adjacent to an activating group) is 1. The first-order chi connectivity index (χ1) is 9.08. The first-order valence-electron chi connectivity index (χ1n) is 5.85. The average molecular weight is 339 g/mol. The minimum atomic E-state index is -0.417. The number of nitrogens with two attached hydrogens (primary N) is 1. The van der Waals surface area contributed by atoms with Crippen molar-refractivity contribution in [2.75, 3.05) is 7.05 Å². The van der Waals surface area contributed by atoms with Gasteiger partial charge in [0.2, 0.25) is 5.91 Å². The number of rotatable bonds is 5. The van der Waals surface area contributed by atoms with Gasteiger partial charge in [-0.2, -0.15) is 0 Å². The number of hydrogen-bond donors (Lipinski definition) is 1. The van der Waals surface area contributed by atoms with Gasteiger partial charge in [-0.15, -0.1) is 11.3 Å². The van der Waals surface area contributed by atoms with Crippen molar-refractivity contribution in [1.29, 1.82) is 0 Å². The van der Waals surface area contributed by atoms with Crippen LogP contribution in [0.1, 0.15) is 16.5 Å². The Morgan fingerprint density at radius 3 is 2.79 bits per heavy atom. The zero-order valence-electron chi connectivity index (χ0n) is 10.5. The van der Waals surface area contributed by atoms with E-state index in [9.17, 15) is 4.79 Å². The normalized spacial score (nSPS) is 12.6. The summed E-state index contributed by atoms with van der Waals surface area (Å²) in [6.45, 7) is 0.706. The van der Waals surface area contributed by atoms with E-state index in [4.69, 9.17) is 5.73 Å². The molecule has 0 unspecified atom stereocenters. The lowest BCUT2D eigenvalue weighted by Gasteiger charge is -2.25. The summed E-state index contributed by atoms with van der Waals surface area (Å²) < 4.78 is 0.945. The van der Waals surface area contributed by atoms with Crippen molar-refractivity contribution < 1.29 is 4.79 Å². The standard InChI is InChI=1S/C14H15BrN2OS/c1-17(9-12-6-3-7-19-12)13(14(16)18)10-4-2-5-11(15)8-10/h2-8,13H,9H2,1H3,(H2,16,18)/t13-/m0/s1. The fourth-order valence-electron chi connectivity index (χ4n) is 2.05. The summed E-state index contributed by atoms with van der Waals surface area (Å²) in [5.74, 6) is -0.336. The van der Waals surface area contributed by atoms with Crippen LogP contribution < -0.4 is 5.73 Å². The van der Waals surface area contributed by atoms with E-state index in [1.54, 1.807) is 11.3 Å². The molecule has 2 N–H and O–H groups in total. The highest BCUT2D eigenvalue weighted by Crippen LogP contribution is 2.24. The molecular formula is C14H15BrN2OS. The highest BCUT2D eigenvalue weighted by molar-refractivity contribution is 9.10. The maximum Gasteiger partial charge on any atom is 0.239 e. The van der Waals surface area contributed by atoms with E-state index in [2.05, 4.69) is 22.0 Å². The predicted molar refractivity (Wildman–Crippen MR) is 81.9 cm³/mol. The number of primary amides is 1. The van der Waals surface area contributed by atoms with Crippen molar-refractivity contribution in [1.82, 2.24) is 4.90 Å². The zero-order valence-corrected chi connectivity index (χ0v) is 12.9. The van der Waals surface area contributed by atoms with Crippen LogP contribution in [0.15, 0.2) is 46.3 Å². The maximum absolute atomic E-state index is 11.7. The molecule has 100 valence electrons. The predicted octanol–water partition coefficient (Wildman–Crippen LogP) is 3.17. The first kappa shape index (κ1) is 14.2. The van der Waals surface area contributed by atoms with Crippen molar-refractivity contribution in [3.63, 3.8) is 0 Å². The van der Waals surface area contributed by atoms with Crippen LogP contribution in [-0.4, -0.2) is 17.9 Å². The van der Waals surface area contributed by atoms with Gasteiger partial charge in [-0.05, 0) is 36.2 Å². The summed E-state index contributed by atoms with van der Waals surface area (Å²) in [7, 11) is 1.91.